The number of unbranched alkanes of at least 4 members (excludes halogenated alkanes) is 2. The summed E-state index contributed by atoms with van der Waals surface area (Å²) in [5, 5.41) is 2.88. The zero-order valence-electron chi connectivity index (χ0n) is 12.4. The van der Waals surface area contributed by atoms with E-state index in [2.05, 4.69) is 30.6 Å². The van der Waals surface area contributed by atoms with Gasteiger partial charge in [-0.05, 0) is 45.8 Å². The molecule has 0 aromatic heterocycles. The minimum Gasteiger partial charge on any atom is -0.352 e. The Bertz CT molecular complexity index is 231. The molecule has 0 atom stereocenters. The number of carbonyl (C=O) groups is 1. The summed E-state index contributed by atoms with van der Waals surface area (Å²) < 4.78 is 0. The molecule has 0 unspecified atom stereocenters. The van der Waals surface area contributed by atoms with Gasteiger partial charge in [-0.3, -0.25) is 4.79 Å². The number of carbonyl (C=O) groups excluding carboxylic acids is 1. The molecule has 0 saturated carbocycles. The first kappa shape index (κ1) is 17.2. The van der Waals surface area contributed by atoms with Crippen LogP contribution < -0.4 is 5.32 Å². The molecule has 0 spiro atoms. The highest BCUT2D eigenvalue weighted by atomic mass is 16.1. The molecule has 0 heterocycles. The SMILES string of the molecule is C=C(C)C(=O)NCCCN(CCCC)CCCC. The predicted octanol–water partition coefficient (Wildman–Crippen LogP) is 2.97. The van der Waals surface area contributed by atoms with E-state index in [1.807, 2.05) is 0 Å². The lowest BCUT2D eigenvalue weighted by Crippen LogP contribution is -2.31. The molecule has 0 bridgehead atoms. The number of hydrogen-bond donors (Lipinski definition) is 1. The lowest BCUT2D eigenvalue weighted by Gasteiger charge is -2.21. The molecule has 3 heteroatoms. The van der Waals surface area contributed by atoms with Crippen molar-refractivity contribution in [2.75, 3.05) is 26.2 Å². The largest absolute Gasteiger partial charge is 0.352 e. The molecule has 0 rings (SSSR count). The fourth-order valence-electron chi connectivity index (χ4n) is 1.75. The van der Waals surface area contributed by atoms with Crippen LogP contribution in [0, 0.1) is 0 Å². The van der Waals surface area contributed by atoms with Gasteiger partial charge in [0.15, 0.2) is 0 Å². The average molecular weight is 254 g/mol. The van der Waals surface area contributed by atoms with Crippen molar-refractivity contribution >= 4 is 5.91 Å². The average Bonchev–Trinajstić information content (AvgIpc) is 2.36. The van der Waals surface area contributed by atoms with E-state index in [0.29, 0.717) is 5.57 Å². The van der Waals surface area contributed by atoms with E-state index >= 15 is 0 Å². The predicted molar refractivity (Wildman–Crippen MR) is 78.7 cm³/mol. The topological polar surface area (TPSA) is 32.3 Å². The van der Waals surface area contributed by atoms with Crippen LogP contribution in [0.25, 0.3) is 0 Å². The third-order valence-electron chi connectivity index (χ3n) is 2.98. The molecule has 106 valence electrons. The van der Waals surface area contributed by atoms with Gasteiger partial charge in [0.25, 0.3) is 0 Å². The van der Waals surface area contributed by atoms with Gasteiger partial charge >= 0.3 is 0 Å². The maximum Gasteiger partial charge on any atom is 0.246 e. The fourth-order valence-corrected chi connectivity index (χ4v) is 1.75. The van der Waals surface area contributed by atoms with Crippen LogP contribution in [0.3, 0.4) is 0 Å². The van der Waals surface area contributed by atoms with Gasteiger partial charge in [-0.2, -0.15) is 0 Å². The molecule has 0 aliphatic heterocycles. The highest BCUT2D eigenvalue weighted by molar-refractivity contribution is 5.91. The third-order valence-corrected chi connectivity index (χ3v) is 2.98. The Labute approximate surface area is 113 Å². The van der Waals surface area contributed by atoms with Crippen LogP contribution in [0.1, 0.15) is 52.9 Å². The summed E-state index contributed by atoms with van der Waals surface area (Å²) in [7, 11) is 0. The maximum absolute atomic E-state index is 11.3. The van der Waals surface area contributed by atoms with Gasteiger partial charge in [-0.15, -0.1) is 0 Å². The van der Waals surface area contributed by atoms with Gasteiger partial charge < -0.3 is 10.2 Å². The van der Waals surface area contributed by atoms with Crippen molar-refractivity contribution in [2.45, 2.75) is 52.9 Å². The smallest absolute Gasteiger partial charge is 0.246 e. The fraction of sp³-hybridized carbons (Fsp3) is 0.800. The molecule has 0 fully saturated rings. The van der Waals surface area contributed by atoms with E-state index in [-0.39, 0.29) is 5.91 Å². The Morgan fingerprint density at radius 3 is 2.00 bits per heavy atom. The van der Waals surface area contributed by atoms with Crippen molar-refractivity contribution in [3.05, 3.63) is 12.2 Å². The highest BCUT2D eigenvalue weighted by Gasteiger charge is 2.04. The number of nitrogens with one attached hydrogen (secondary N) is 1. The van der Waals surface area contributed by atoms with E-state index in [9.17, 15) is 4.79 Å². The first-order chi connectivity index (χ1) is 8.61. The summed E-state index contributed by atoms with van der Waals surface area (Å²) in [6, 6.07) is 0. The van der Waals surface area contributed by atoms with E-state index < -0.39 is 0 Å². The number of amides is 1. The Hall–Kier alpha value is -0.830. The molecule has 0 aliphatic rings. The minimum absolute atomic E-state index is 0.0244. The summed E-state index contributed by atoms with van der Waals surface area (Å²) >= 11 is 0. The quantitative estimate of drug-likeness (QED) is 0.454. The van der Waals surface area contributed by atoms with Crippen LogP contribution in [0.5, 0.6) is 0 Å². The highest BCUT2D eigenvalue weighted by Crippen LogP contribution is 2.00. The normalized spacial score (nSPS) is 10.7. The Morgan fingerprint density at radius 1 is 1.06 bits per heavy atom. The van der Waals surface area contributed by atoms with Gasteiger partial charge in [0.1, 0.15) is 0 Å². The van der Waals surface area contributed by atoms with Crippen molar-refractivity contribution in [3.63, 3.8) is 0 Å². The van der Waals surface area contributed by atoms with E-state index in [4.69, 9.17) is 0 Å². The van der Waals surface area contributed by atoms with Crippen LogP contribution >= 0.6 is 0 Å². The van der Waals surface area contributed by atoms with Crippen molar-refractivity contribution in [1.82, 2.24) is 10.2 Å². The second-order valence-corrected chi connectivity index (χ2v) is 4.94. The Kier molecular flexibility index (Phi) is 10.8. The van der Waals surface area contributed by atoms with Crippen LogP contribution in [-0.4, -0.2) is 37.0 Å². The van der Waals surface area contributed by atoms with Crippen molar-refractivity contribution < 1.29 is 4.79 Å². The van der Waals surface area contributed by atoms with Gasteiger partial charge in [-0.25, -0.2) is 0 Å². The van der Waals surface area contributed by atoms with E-state index in [1.165, 1.54) is 38.8 Å². The number of nitrogens with zero attached hydrogens (tertiary/aromatic N) is 1. The third kappa shape index (κ3) is 9.23. The Morgan fingerprint density at radius 2 is 1.56 bits per heavy atom. The van der Waals surface area contributed by atoms with Crippen LogP contribution in [0.2, 0.25) is 0 Å². The summed E-state index contributed by atoms with van der Waals surface area (Å²) in [5.74, 6) is -0.0244. The number of hydrogen-bond acceptors (Lipinski definition) is 2. The summed E-state index contributed by atoms with van der Waals surface area (Å²) in [6.07, 6.45) is 6.04. The molecule has 1 amide bonds. The number of rotatable bonds is 11. The van der Waals surface area contributed by atoms with Crippen molar-refractivity contribution in [1.29, 1.82) is 0 Å². The van der Waals surface area contributed by atoms with Crippen LogP contribution in [0.15, 0.2) is 12.2 Å². The molecule has 3 nitrogen and oxygen atoms in total. The minimum atomic E-state index is -0.0244. The molecule has 0 saturated heterocycles. The second kappa shape index (κ2) is 11.3. The molecule has 0 radical (unpaired) electrons. The molecule has 1 N–H and O–H groups in total. The van der Waals surface area contributed by atoms with E-state index in [0.717, 1.165) is 19.5 Å². The molecule has 18 heavy (non-hydrogen) atoms. The summed E-state index contributed by atoms with van der Waals surface area (Å²) in [5.41, 5.74) is 0.587. The van der Waals surface area contributed by atoms with Crippen LogP contribution in [-0.2, 0) is 4.79 Å². The zero-order chi connectivity index (χ0) is 13.8. The molecule has 0 aromatic carbocycles. The lowest BCUT2D eigenvalue weighted by molar-refractivity contribution is -0.117. The molecular weight excluding hydrogens is 224 g/mol. The monoisotopic (exact) mass is 254 g/mol. The molecule has 0 aliphatic carbocycles. The Balaban J connectivity index is 3.73. The zero-order valence-corrected chi connectivity index (χ0v) is 12.4. The van der Waals surface area contributed by atoms with E-state index in [1.54, 1.807) is 6.92 Å². The van der Waals surface area contributed by atoms with Gasteiger partial charge in [0.05, 0.1) is 0 Å². The van der Waals surface area contributed by atoms with Crippen molar-refractivity contribution in [2.24, 2.45) is 0 Å². The van der Waals surface area contributed by atoms with Gasteiger partial charge in [0.2, 0.25) is 5.91 Å². The van der Waals surface area contributed by atoms with Gasteiger partial charge in [-0.1, -0.05) is 33.3 Å². The molecular formula is C15H30N2O. The molecule has 0 aromatic rings. The standard InChI is InChI=1S/C15H30N2O/c1-5-7-11-17(12-8-6-2)13-9-10-16-15(18)14(3)4/h3,5-13H2,1-2,4H3,(H,16,18). The van der Waals surface area contributed by atoms with Gasteiger partial charge in [0, 0.05) is 12.1 Å². The summed E-state index contributed by atoms with van der Waals surface area (Å²) in [6.45, 7) is 14.0. The second-order valence-electron chi connectivity index (χ2n) is 4.94. The first-order valence-corrected chi connectivity index (χ1v) is 7.27. The first-order valence-electron chi connectivity index (χ1n) is 7.27. The van der Waals surface area contributed by atoms with Crippen molar-refractivity contribution in [3.8, 4) is 0 Å². The van der Waals surface area contributed by atoms with Crippen LogP contribution in [0.4, 0.5) is 0 Å². The summed E-state index contributed by atoms with van der Waals surface area (Å²) in [4.78, 5) is 13.8. The maximum atomic E-state index is 11.3. The lowest BCUT2D eigenvalue weighted by atomic mass is 10.2.